The van der Waals surface area contributed by atoms with Crippen molar-refractivity contribution in [1.82, 2.24) is 19.9 Å². The number of hydrogen-bond donors (Lipinski definition) is 2. The molecule has 0 aliphatic heterocycles. The van der Waals surface area contributed by atoms with Crippen LogP contribution in [0.4, 0.5) is 5.82 Å². The Balaban J connectivity index is 1.80. The first-order valence-corrected chi connectivity index (χ1v) is 6.14. The molecule has 18 heavy (non-hydrogen) atoms. The smallest absolute Gasteiger partial charge is 0.182 e. The van der Waals surface area contributed by atoms with Gasteiger partial charge in [0.05, 0.1) is 12.5 Å². The number of H-pyrrole nitrogens is 1. The average molecular weight is 258 g/mol. The van der Waals surface area contributed by atoms with Crippen molar-refractivity contribution in [1.29, 1.82) is 0 Å². The summed E-state index contributed by atoms with van der Waals surface area (Å²) in [6, 6.07) is 4.08. The van der Waals surface area contributed by atoms with Crippen LogP contribution < -0.4 is 5.43 Å². The number of aryl methyl sites for hydroxylation is 1. The Kier molecular flexibility index (Phi) is 2.73. The molecule has 6 nitrogen and oxygen atoms in total. The summed E-state index contributed by atoms with van der Waals surface area (Å²) in [4.78, 5) is 17.5. The first-order valence-electron chi connectivity index (χ1n) is 5.32. The second-order valence-electron chi connectivity index (χ2n) is 3.64. The third-order valence-electron chi connectivity index (χ3n) is 2.35. The van der Waals surface area contributed by atoms with Gasteiger partial charge in [0.15, 0.2) is 11.5 Å². The fraction of sp³-hybridized carbons (Fsp3) is 0.0909. The Morgan fingerprint density at radius 2 is 2.28 bits per heavy atom. The van der Waals surface area contributed by atoms with Crippen molar-refractivity contribution in [3.05, 3.63) is 34.5 Å². The first-order chi connectivity index (χ1) is 8.83. The summed E-state index contributed by atoms with van der Waals surface area (Å²) in [7, 11) is 0. The summed E-state index contributed by atoms with van der Waals surface area (Å²) >= 11 is 1.69. The van der Waals surface area contributed by atoms with Gasteiger partial charge in [0.1, 0.15) is 11.8 Å². The molecule has 0 atom stereocenters. The summed E-state index contributed by atoms with van der Waals surface area (Å²) in [5.74, 6) is 0.613. The molecule has 0 aromatic carbocycles. The van der Waals surface area contributed by atoms with Gasteiger partial charge in [-0.1, -0.05) is 0 Å². The molecule has 3 heterocycles. The maximum Gasteiger partial charge on any atom is 0.182 e. The highest BCUT2D eigenvalue weighted by molar-refractivity contribution is 7.13. The van der Waals surface area contributed by atoms with Gasteiger partial charge in [-0.25, -0.2) is 15.0 Å². The van der Waals surface area contributed by atoms with Gasteiger partial charge in [-0.15, -0.1) is 11.3 Å². The van der Waals surface area contributed by atoms with Crippen LogP contribution in [0.1, 0.15) is 9.75 Å². The van der Waals surface area contributed by atoms with Gasteiger partial charge >= 0.3 is 0 Å². The number of thiophene rings is 1. The zero-order valence-corrected chi connectivity index (χ0v) is 10.4. The maximum absolute atomic E-state index is 4.15. The van der Waals surface area contributed by atoms with Crippen molar-refractivity contribution in [2.45, 2.75) is 6.92 Å². The fourth-order valence-corrected chi connectivity index (χ4v) is 2.28. The molecular formula is C11H10N6S. The number of rotatable bonds is 3. The second kappa shape index (κ2) is 4.53. The fourth-order valence-electron chi connectivity index (χ4n) is 1.53. The maximum atomic E-state index is 4.15. The number of hydrazone groups is 1. The predicted molar refractivity (Wildman–Crippen MR) is 72.0 cm³/mol. The molecule has 3 rings (SSSR count). The van der Waals surface area contributed by atoms with Crippen LogP contribution in [0.2, 0.25) is 0 Å². The van der Waals surface area contributed by atoms with Crippen molar-refractivity contribution in [2.24, 2.45) is 5.10 Å². The van der Waals surface area contributed by atoms with Crippen LogP contribution >= 0.6 is 11.3 Å². The minimum absolute atomic E-state index is 0.613. The molecule has 0 aliphatic rings. The summed E-state index contributed by atoms with van der Waals surface area (Å²) in [5.41, 5.74) is 4.25. The normalized spacial score (nSPS) is 11.4. The van der Waals surface area contributed by atoms with Crippen molar-refractivity contribution in [2.75, 3.05) is 5.43 Å². The lowest BCUT2D eigenvalue weighted by atomic mass is 10.4. The van der Waals surface area contributed by atoms with E-state index in [-0.39, 0.29) is 0 Å². The molecule has 0 saturated carbocycles. The van der Waals surface area contributed by atoms with Gasteiger partial charge in [0, 0.05) is 9.75 Å². The SMILES string of the molecule is Cc1ccc(C=NNc2ncnc3nc[nH]c23)s1. The lowest BCUT2D eigenvalue weighted by Gasteiger charge is -1.98. The van der Waals surface area contributed by atoms with E-state index in [0.717, 1.165) is 10.4 Å². The zero-order chi connectivity index (χ0) is 12.4. The minimum atomic E-state index is 0.613. The summed E-state index contributed by atoms with van der Waals surface area (Å²) in [5, 5.41) is 4.15. The van der Waals surface area contributed by atoms with E-state index in [2.05, 4.69) is 43.5 Å². The van der Waals surface area contributed by atoms with E-state index in [4.69, 9.17) is 0 Å². The van der Waals surface area contributed by atoms with Crippen LogP contribution in [-0.4, -0.2) is 26.2 Å². The number of anilines is 1. The molecule has 3 aromatic heterocycles. The number of imidazole rings is 1. The molecular weight excluding hydrogens is 248 g/mol. The Morgan fingerprint density at radius 3 is 3.11 bits per heavy atom. The van der Waals surface area contributed by atoms with E-state index in [1.54, 1.807) is 23.9 Å². The van der Waals surface area contributed by atoms with Gasteiger partial charge in [-0.3, -0.25) is 5.43 Å². The lowest BCUT2D eigenvalue weighted by Crippen LogP contribution is -1.95. The summed E-state index contributed by atoms with van der Waals surface area (Å²) in [6.07, 6.45) is 4.80. The third kappa shape index (κ3) is 2.07. The molecule has 0 aliphatic carbocycles. The van der Waals surface area contributed by atoms with Crippen molar-refractivity contribution >= 4 is 34.5 Å². The van der Waals surface area contributed by atoms with Crippen LogP contribution in [0.25, 0.3) is 11.2 Å². The van der Waals surface area contributed by atoms with Crippen LogP contribution in [0, 0.1) is 6.92 Å². The van der Waals surface area contributed by atoms with E-state index in [0.29, 0.717) is 11.5 Å². The van der Waals surface area contributed by atoms with Gasteiger partial charge in [0.25, 0.3) is 0 Å². The van der Waals surface area contributed by atoms with Crippen LogP contribution in [0.5, 0.6) is 0 Å². The van der Waals surface area contributed by atoms with Gasteiger partial charge in [-0.2, -0.15) is 5.10 Å². The Morgan fingerprint density at radius 1 is 1.33 bits per heavy atom. The van der Waals surface area contributed by atoms with Gasteiger partial charge < -0.3 is 4.98 Å². The highest BCUT2D eigenvalue weighted by Gasteiger charge is 2.03. The molecule has 0 spiro atoms. The highest BCUT2D eigenvalue weighted by Crippen LogP contribution is 2.15. The molecule has 0 amide bonds. The third-order valence-corrected chi connectivity index (χ3v) is 3.28. The predicted octanol–water partition coefficient (Wildman–Crippen LogP) is 2.17. The average Bonchev–Trinajstić information content (AvgIpc) is 2.98. The second-order valence-corrected chi connectivity index (χ2v) is 4.96. The molecule has 7 heteroatoms. The topological polar surface area (TPSA) is 78.8 Å². The van der Waals surface area contributed by atoms with E-state index in [9.17, 15) is 0 Å². The summed E-state index contributed by atoms with van der Waals surface area (Å²) in [6.45, 7) is 2.06. The van der Waals surface area contributed by atoms with E-state index in [1.807, 2.05) is 6.07 Å². The van der Waals surface area contributed by atoms with E-state index < -0.39 is 0 Å². The standard InChI is InChI=1S/C11H10N6S/c1-7-2-3-8(18-7)4-16-17-11-9-10(13-5-12-9)14-6-15-11/h2-6H,1H3,(H2,12,13,14,15,17). The number of fused-ring (bicyclic) bond motifs is 1. The molecule has 0 fully saturated rings. The van der Waals surface area contributed by atoms with Crippen LogP contribution in [0.15, 0.2) is 29.9 Å². The van der Waals surface area contributed by atoms with Crippen molar-refractivity contribution in [3.63, 3.8) is 0 Å². The Bertz CT molecular complexity index is 698. The first kappa shape index (κ1) is 10.8. The Hall–Kier alpha value is -2.28. The number of aromatic amines is 1. The lowest BCUT2D eigenvalue weighted by molar-refractivity contribution is 1.17. The number of hydrogen-bond acceptors (Lipinski definition) is 6. The molecule has 0 unspecified atom stereocenters. The quantitative estimate of drug-likeness (QED) is 0.557. The molecule has 0 radical (unpaired) electrons. The molecule has 0 saturated heterocycles. The largest absolute Gasteiger partial charge is 0.340 e. The number of nitrogens with one attached hydrogen (secondary N) is 2. The molecule has 2 N–H and O–H groups in total. The van der Waals surface area contributed by atoms with Gasteiger partial charge in [-0.05, 0) is 19.1 Å². The van der Waals surface area contributed by atoms with E-state index in [1.165, 1.54) is 11.2 Å². The van der Waals surface area contributed by atoms with Crippen LogP contribution in [-0.2, 0) is 0 Å². The molecule has 90 valence electrons. The van der Waals surface area contributed by atoms with E-state index >= 15 is 0 Å². The Labute approximate surface area is 107 Å². The monoisotopic (exact) mass is 258 g/mol. The number of aromatic nitrogens is 4. The zero-order valence-electron chi connectivity index (χ0n) is 9.58. The molecule has 3 aromatic rings. The highest BCUT2D eigenvalue weighted by atomic mass is 32.1. The minimum Gasteiger partial charge on any atom is -0.340 e. The van der Waals surface area contributed by atoms with Crippen molar-refractivity contribution < 1.29 is 0 Å². The van der Waals surface area contributed by atoms with Crippen LogP contribution in [0.3, 0.4) is 0 Å². The number of nitrogens with zero attached hydrogens (tertiary/aromatic N) is 4. The molecule has 0 bridgehead atoms. The van der Waals surface area contributed by atoms with Gasteiger partial charge in [0.2, 0.25) is 0 Å². The van der Waals surface area contributed by atoms with Crippen molar-refractivity contribution in [3.8, 4) is 0 Å². The summed E-state index contributed by atoms with van der Waals surface area (Å²) < 4.78 is 0.